The molecule has 2 N–H and O–H groups in total. The van der Waals surface area contributed by atoms with E-state index in [1.165, 1.54) is 6.92 Å². The highest BCUT2D eigenvalue weighted by atomic mass is 16.5. The highest BCUT2D eigenvalue weighted by Gasteiger charge is 2.05. The topological polar surface area (TPSA) is 50.7 Å². The monoisotopic (exact) mass is 278 g/mol. The number of hydrogen-bond donors (Lipinski definition) is 2. The third-order valence-corrected chi connectivity index (χ3v) is 1.96. The summed E-state index contributed by atoms with van der Waals surface area (Å²) in [5.41, 5.74) is -0.828. The van der Waals surface area contributed by atoms with Gasteiger partial charge in [0.1, 0.15) is 18.5 Å². The summed E-state index contributed by atoms with van der Waals surface area (Å²) in [6, 6.07) is -4.10. The van der Waals surface area contributed by atoms with Crippen LogP contribution < -0.4 is 10.1 Å². The van der Waals surface area contributed by atoms with E-state index in [-0.39, 0.29) is 6.54 Å². The number of methoxy groups -OCH3 is 1. The van der Waals surface area contributed by atoms with Gasteiger partial charge in [-0.3, -0.25) is 0 Å². The van der Waals surface area contributed by atoms with Crippen molar-refractivity contribution in [2.75, 3.05) is 26.8 Å². The van der Waals surface area contributed by atoms with Crippen LogP contribution in [0, 0.1) is 0 Å². The zero-order valence-corrected chi connectivity index (χ0v) is 10.8. The van der Waals surface area contributed by atoms with E-state index < -0.39 is 74.0 Å². The van der Waals surface area contributed by atoms with Crippen molar-refractivity contribution in [3.05, 3.63) is 29.7 Å². The molecule has 4 nitrogen and oxygen atoms in total. The molecule has 0 saturated carbocycles. The van der Waals surface area contributed by atoms with E-state index in [0.29, 0.717) is 0 Å². The van der Waals surface area contributed by atoms with Crippen molar-refractivity contribution in [1.29, 1.82) is 0 Å². The van der Waals surface area contributed by atoms with Crippen molar-refractivity contribution in [3.8, 4) is 5.75 Å². The molecule has 19 heavy (non-hydrogen) atoms. The summed E-state index contributed by atoms with van der Waals surface area (Å²) in [7, 11) is 0.911. The van der Waals surface area contributed by atoms with Crippen molar-refractivity contribution in [3.63, 3.8) is 0 Å². The molecule has 1 aromatic carbocycles. The number of aliphatic hydroxyl groups excluding tert-OH is 1. The van der Waals surface area contributed by atoms with Crippen LogP contribution in [0.15, 0.2) is 24.2 Å². The summed E-state index contributed by atoms with van der Waals surface area (Å²) in [6.07, 6.45) is -4.24. The summed E-state index contributed by atoms with van der Waals surface area (Å²) in [5, 5.41) is 12.6. The van der Waals surface area contributed by atoms with Crippen molar-refractivity contribution in [2.45, 2.75) is 32.3 Å². The first-order valence-electron chi connectivity index (χ1n) is 11.2. The fourth-order valence-electron chi connectivity index (χ4n) is 1.09. The molecule has 0 fully saturated rings. The van der Waals surface area contributed by atoms with Gasteiger partial charge in [-0.15, -0.1) is 0 Å². The lowest BCUT2D eigenvalue weighted by Crippen LogP contribution is -2.35. The van der Waals surface area contributed by atoms with Crippen LogP contribution in [0.3, 0.4) is 0 Å². The molecule has 0 aliphatic rings. The van der Waals surface area contributed by atoms with Gasteiger partial charge >= 0.3 is 0 Å². The van der Waals surface area contributed by atoms with Gasteiger partial charge in [0.2, 0.25) is 0 Å². The summed E-state index contributed by atoms with van der Waals surface area (Å²) in [6.45, 7) is -4.44. The molecule has 1 aromatic rings. The zero-order valence-electron chi connectivity index (χ0n) is 21.8. The van der Waals surface area contributed by atoms with E-state index in [4.69, 9.17) is 19.8 Å². The normalized spacial score (nSPS) is 24.7. The van der Waals surface area contributed by atoms with E-state index in [9.17, 15) is 5.11 Å². The van der Waals surface area contributed by atoms with Gasteiger partial charge < -0.3 is 19.9 Å². The Morgan fingerprint density at radius 1 is 1.47 bits per heavy atom. The van der Waals surface area contributed by atoms with Crippen LogP contribution in [-0.4, -0.2) is 44.1 Å². The van der Waals surface area contributed by atoms with Gasteiger partial charge in [-0.25, -0.2) is 0 Å². The maximum absolute atomic E-state index is 9.95. The molecule has 0 heterocycles. The fraction of sp³-hybridized carbons (Fsp3) is 0.600. The number of hydrogen-bond acceptors (Lipinski definition) is 4. The molecule has 0 radical (unpaired) electrons. The van der Waals surface area contributed by atoms with Gasteiger partial charge in [0.25, 0.3) is 0 Å². The smallest absolute Gasteiger partial charge is 0.119 e. The molecule has 1 rings (SSSR count). The Hall–Kier alpha value is -1.10. The molecular weight excluding hydrogens is 242 g/mol. The van der Waals surface area contributed by atoms with Crippen LogP contribution >= 0.6 is 0 Å². The average molecular weight is 278 g/mol. The second-order valence-electron chi connectivity index (χ2n) is 3.73. The van der Waals surface area contributed by atoms with E-state index in [1.807, 2.05) is 0 Å². The minimum atomic E-state index is -3.01. The first kappa shape index (κ1) is 6.12. The third-order valence-electron chi connectivity index (χ3n) is 1.96. The van der Waals surface area contributed by atoms with Crippen molar-refractivity contribution >= 4 is 0 Å². The van der Waals surface area contributed by atoms with Crippen LogP contribution in [0.2, 0.25) is 0 Å². The lowest BCUT2D eigenvalue weighted by Gasteiger charge is -2.15. The first-order valence-corrected chi connectivity index (χ1v) is 5.69. The Morgan fingerprint density at radius 2 is 2.21 bits per heavy atom. The molecule has 4 heteroatoms. The van der Waals surface area contributed by atoms with Crippen LogP contribution in [-0.2, 0) is 11.1 Å². The molecule has 2 unspecified atom stereocenters. The van der Waals surface area contributed by atoms with Crippen LogP contribution in [0.1, 0.15) is 34.4 Å². The third kappa shape index (κ3) is 7.15. The molecule has 0 amide bonds. The second-order valence-corrected chi connectivity index (χ2v) is 3.73. The summed E-state index contributed by atoms with van der Waals surface area (Å²) in [4.78, 5) is 0. The summed E-state index contributed by atoms with van der Waals surface area (Å²) in [5.74, 6) is -0.551. The lowest BCUT2D eigenvalue weighted by atomic mass is 10.1. The van der Waals surface area contributed by atoms with E-state index in [1.54, 1.807) is 0 Å². The summed E-state index contributed by atoms with van der Waals surface area (Å²) < 4.78 is 94.6. The Bertz CT molecular complexity index is 725. The predicted molar refractivity (Wildman–Crippen MR) is 76.7 cm³/mol. The Kier molecular flexibility index (Phi) is 2.87. The largest absolute Gasteiger partial charge is 0.491 e. The molecule has 0 aliphatic carbocycles. The first-order chi connectivity index (χ1) is 13.5. The zero-order chi connectivity index (χ0) is 23.7. The average Bonchev–Trinajstić information content (AvgIpc) is 2.63. The number of aliphatic hydroxyl groups is 1. The molecule has 0 bridgehead atoms. The molecular formula is C15H25NO3. The van der Waals surface area contributed by atoms with Gasteiger partial charge in [0, 0.05) is 26.6 Å². The van der Waals surface area contributed by atoms with Gasteiger partial charge in [-0.2, -0.15) is 0 Å². The number of ether oxygens (including phenoxy) is 2. The SMILES string of the molecule is [2H]c1c([2H])c(C([2H])([2H])C([2H])([2H])OC)c([2H])c([2H])c1OCC(O)CNC(C)C([2H])([2H])[2H]. The standard InChI is InChI=1S/C15H25NO3/c1-12(2)16-10-14(17)11-19-15-6-4-13(5-7-15)8-9-18-3/h4-7,12,14,16-17H,8-11H2,1-3H3/i1D3,4D,5D,6D,7D,8D2,9D2. The maximum atomic E-state index is 9.95. The summed E-state index contributed by atoms with van der Waals surface area (Å²) >= 11 is 0. The fourth-order valence-corrected chi connectivity index (χ4v) is 1.09. The minimum absolute atomic E-state index is 0.170. The molecule has 0 aromatic heterocycles. The van der Waals surface area contributed by atoms with Gasteiger partial charge in [-0.05, 0) is 24.0 Å². The van der Waals surface area contributed by atoms with E-state index in [0.717, 1.165) is 7.11 Å². The van der Waals surface area contributed by atoms with E-state index in [2.05, 4.69) is 10.1 Å². The van der Waals surface area contributed by atoms with Gasteiger partial charge in [0.05, 0.1) is 14.8 Å². The van der Waals surface area contributed by atoms with Crippen molar-refractivity contribution < 1.29 is 29.7 Å². The lowest BCUT2D eigenvalue weighted by molar-refractivity contribution is 0.104. The Morgan fingerprint density at radius 3 is 2.84 bits per heavy atom. The van der Waals surface area contributed by atoms with Crippen molar-refractivity contribution in [1.82, 2.24) is 5.32 Å². The molecule has 0 aliphatic heterocycles. The highest BCUT2D eigenvalue weighted by molar-refractivity contribution is 5.27. The van der Waals surface area contributed by atoms with Crippen molar-refractivity contribution in [2.24, 2.45) is 0 Å². The van der Waals surface area contributed by atoms with Crippen LogP contribution in [0.4, 0.5) is 0 Å². The number of benzene rings is 1. The quantitative estimate of drug-likeness (QED) is 0.720. The molecule has 2 atom stereocenters. The highest BCUT2D eigenvalue weighted by Crippen LogP contribution is 2.12. The molecule has 0 spiro atoms. The second kappa shape index (κ2) is 8.91. The molecule has 108 valence electrons. The maximum Gasteiger partial charge on any atom is 0.119 e. The van der Waals surface area contributed by atoms with Gasteiger partial charge in [0.15, 0.2) is 0 Å². The predicted octanol–water partition coefficient (Wildman–Crippen LogP) is 1.61. The Labute approximate surface area is 131 Å². The van der Waals surface area contributed by atoms with Crippen LogP contribution in [0.5, 0.6) is 5.75 Å². The number of nitrogens with one attached hydrogen (secondary N) is 1. The van der Waals surface area contributed by atoms with Gasteiger partial charge in [-0.1, -0.05) is 25.9 Å². The van der Waals surface area contributed by atoms with E-state index >= 15 is 0 Å². The molecule has 0 saturated heterocycles. The Balaban J connectivity index is 3.10. The minimum Gasteiger partial charge on any atom is -0.491 e. The number of rotatable bonds is 9. The van der Waals surface area contributed by atoms with Crippen LogP contribution in [0.25, 0.3) is 0 Å².